The van der Waals surface area contributed by atoms with Crippen LogP contribution in [0.4, 0.5) is 0 Å². The molecule has 0 fully saturated rings. The van der Waals surface area contributed by atoms with Crippen molar-refractivity contribution in [3.05, 3.63) is 64.6 Å². The molecule has 9 nitrogen and oxygen atoms in total. The Morgan fingerprint density at radius 1 is 1.07 bits per heavy atom. The van der Waals surface area contributed by atoms with Gasteiger partial charge in [-0.05, 0) is 36.4 Å². The van der Waals surface area contributed by atoms with Crippen molar-refractivity contribution in [3.63, 3.8) is 0 Å². The summed E-state index contributed by atoms with van der Waals surface area (Å²) in [5.41, 5.74) is 1.25. The summed E-state index contributed by atoms with van der Waals surface area (Å²) >= 11 is 0. The average molecular weight is 408 g/mol. The lowest BCUT2D eigenvalue weighted by atomic mass is 10.2. The number of aryl methyl sites for hydroxylation is 1. The number of fused-ring (bicyclic) bond motifs is 3. The molecule has 4 rings (SSSR count). The van der Waals surface area contributed by atoms with E-state index in [4.69, 9.17) is 14.6 Å². The van der Waals surface area contributed by atoms with Gasteiger partial charge in [-0.15, -0.1) is 0 Å². The Morgan fingerprint density at radius 2 is 1.77 bits per heavy atom. The Kier molecular flexibility index (Phi) is 5.34. The number of rotatable bonds is 8. The number of aromatic nitrogens is 4. The Bertz CT molecular complexity index is 1260. The van der Waals surface area contributed by atoms with Gasteiger partial charge in [-0.2, -0.15) is 14.6 Å². The molecule has 0 aliphatic heterocycles. The van der Waals surface area contributed by atoms with E-state index in [0.717, 1.165) is 16.8 Å². The number of para-hydroxylation sites is 2. The summed E-state index contributed by atoms with van der Waals surface area (Å²) in [6.45, 7) is 0.808. The maximum Gasteiger partial charge on any atom is 0.303 e. The molecular formula is C21H20N4O5. The summed E-state index contributed by atoms with van der Waals surface area (Å²) in [5, 5.41) is 13.3. The summed E-state index contributed by atoms with van der Waals surface area (Å²) in [7, 11) is 1.61. The summed E-state index contributed by atoms with van der Waals surface area (Å²) in [5.74, 6) is 0.854. The zero-order chi connectivity index (χ0) is 21.1. The SMILES string of the molecule is COc1ccc(OCCn2c3ccccc3n3nc(CCC(=O)O)c(=O)nc23)cc1. The molecule has 4 aromatic rings. The third-order valence-corrected chi connectivity index (χ3v) is 4.72. The first-order chi connectivity index (χ1) is 14.6. The topological polar surface area (TPSA) is 108 Å². The minimum absolute atomic E-state index is 0.0319. The van der Waals surface area contributed by atoms with Gasteiger partial charge >= 0.3 is 5.97 Å². The van der Waals surface area contributed by atoms with Crippen LogP contribution in [0.3, 0.4) is 0 Å². The van der Waals surface area contributed by atoms with Crippen LogP contribution in [0.2, 0.25) is 0 Å². The van der Waals surface area contributed by atoms with Crippen molar-refractivity contribution in [2.75, 3.05) is 13.7 Å². The third kappa shape index (κ3) is 3.82. The summed E-state index contributed by atoms with van der Waals surface area (Å²) < 4.78 is 14.4. The van der Waals surface area contributed by atoms with Crippen molar-refractivity contribution < 1.29 is 19.4 Å². The molecule has 2 aromatic heterocycles. The average Bonchev–Trinajstić information content (AvgIpc) is 3.05. The zero-order valence-electron chi connectivity index (χ0n) is 16.3. The van der Waals surface area contributed by atoms with Gasteiger partial charge in [-0.3, -0.25) is 9.59 Å². The van der Waals surface area contributed by atoms with Crippen LogP contribution in [-0.4, -0.2) is 44.0 Å². The lowest BCUT2D eigenvalue weighted by Crippen LogP contribution is -2.21. The van der Waals surface area contributed by atoms with Gasteiger partial charge in [0.15, 0.2) is 0 Å². The van der Waals surface area contributed by atoms with E-state index in [1.807, 2.05) is 53.1 Å². The smallest absolute Gasteiger partial charge is 0.303 e. The highest BCUT2D eigenvalue weighted by atomic mass is 16.5. The lowest BCUT2D eigenvalue weighted by molar-refractivity contribution is -0.136. The van der Waals surface area contributed by atoms with Crippen molar-refractivity contribution in [3.8, 4) is 11.5 Å². The van der Waals surface area contributed by atoms with Gasteiger partial charge in [0.1, 0.15) is 23.8 Å². The van der Waals surface area contributed by atoms with E-state index in [2.05, 4.69) is 10.1 Å². The van der Waals surface area contributed by atoms with E-state index >= 15 is 0 Å². The molecule has 0 atom stereocenters. The minimum atomic E-state index is -0.987. The molecule has 0 radical (unpaired) electrons. The number of nitrogens with zero attached hydrogens (tertiary/aromatic N) is 4. The highest BCUT2D eigenvalue weighted by Crippen LogP contribution is 2.20. The minimum Gasteiger partial charge on any atom is -0.497 e. The molecular weight excluding hydrogens is 388 g/mol. The Morgan fingerprint density at radius 3 is 2.47 bits per heavy atom. The first-order valence-corrected chi connectivity index (χ1v) is 9.42. The van der Waals surface area contributed by atoms with Crippen molar-refractivity contribution >= 4 is 22.8 Å². The van der Waals surface area contributed by atoms with Gasteiger partial charge in [0.2, 0.25) is 5.78 Å². The van der Waals surface area contributed by atoms with E-state index < -0.39 is 11.5 Å². The van der Waals surface area contributed by atoms with Crippen molar-refractivity contribution in [2.24, 2.45) is 0 Å². The van der Waals surface area contributed by atoms with Crippen LogP contribution in [0, 0.1) is 0 Å². The predicted octanol–water partition coefficient (Wildman–Crippen LogP) is 2.15. The molecule has 30 heavy (non-hydrogen) atoms. The van der Waals surface area contributed by atoms with Crippen LogP contribution in [0.1, 0.15) is 12.1 Å². The number of carboxylic acids is 1. The van der Waals surface area contributed by atoms with Gasteiger partial charge in [-0.1, -0.05) is 12.1 Å². The van der Waals surface area contributed by atoms with Crippen molar-refractivity contribution in [1.29, 1.82) is 0 Å². The molecule has 2 aromatic carbocycles. The van der Waals surface area contributed by atoms with Gasteiger partial charge in [0.05, 0.1) is 31.1 Å². The number of imidazole rings is 1. The number of methoxy groups -OCH3 is 1. The molecule has 0 saturated heterocycles. The molecule has 0 saturated carbocycles. The van der Waals surface area contributed by atoms with Crippen LogP contribution in [-0.2, 0) is 17.8 Å². The fourth-order valence-corrected chi connectivity index (χ4v) is 3.26. The monoisotopic (exact) mass is 408 g/mol. The van der Waals surface area contributed by atoms with Gasteiger partial charge in [0, 0.05) is 6.42 Å². The van der Waals surface area contributed by atoms with E-state index in [1.54, 1.807) is 11.6 Å². The van der Waals surface area contributed by atoms with Gasteiger partial charge < -0.3 is 19.1 Å². The second kappa shape index (κ2) is 8.24. The molecule has 0 aliphatic carbocycles. The number of carbonyl (C=O) groups is 1. The van der Waals surface area contributed by atoms with Crippen molar-refractivity contribution in [2.45, 2.75) is 19.4 Å². The molecule has 0 spiro atoms. The zero-order valence-corrected chi connectivity index (χ0v) is 16.3. The van der Waals surface area contributed by atoms with Gasteiger partial charge in [-0.25, -0.2) is 0 Å². The summed E-state index contributed by atoms with van der Waals surface area (Å²) in [4.78, 5) is 27.4. The standard InChI is InChI=1S/C21H20N4O5/c1-29-14-6-8-15(9-7-14)30-13-12-24-17-4-2-3-5-18(17)25-21(24)22-20(28)16(23-25)10-11-19(26)27/h2-9H,10-13H2,1H3,(H,26,27). The van der Waals surface area contributed by atoms with E-state index in [-0.39, 0.29) is 18.5 Å². The molecule has 154 valence electrons. The Labute approximate surface area is 171 Å². The second-order valence-corrected chi connectivity index (χ2v) is 6.63. The number of benzene rings is 2. The van der Waals surface area contributed by atoms with Crippen LogP contribution in [0.15, 0.2) is 53.3 Å². The van der Waals surface area contributed by atoms with E-state index in [9.17, 15) is 9.59 Å². The molecule has 0 amide bonds. The molecule has 0 aliphatic rings. The molecule has 9 heteroatoms. The highest BCUT2D eigenvalue weighted by molar-refractivity contribution is 5.80. The lowest BCUT2D eigenvalue weighted by Gasteiger charge is -2.09. The van der Waals surface area contributed by atoms with Crippen molar-refractivity contribution in [1.82, 2.24) is 19.2 Å². The maximum atomic E-state index is 12.4. The first-order valence-electron chi connectivity index (χ1n) is 9.42. The maximum absolute atomic E-state index is 12.4. The quantitative estimate of drug-likeness (QED) is 0.476. The number of aliphatic carboxylic acids is 1. The number of ether oxygens (including phenoxy) is 2. The fraction of sp³-hybridized carbons (Fsp3) is 0.238. The van der Waals surface area contributed by atoms with Crippen LogP contribution in [0.5, 0.6) is 11.5 Å². The number of hydrogen-bond acceptors (Lipinski definition) is 6. The Hall–Kier alpha value is -3.88. The highest BCUT2D eigenvalue weighted by Gasteiger charge is 2.15. The largest absolute Gasteiger partial charge is 0.497 e. The van der Waals surface area contributed by atoms with Crippen LogP contribution in [0.25, 0.3) is 16.8 Å². The number of hydrogen-bond donors (Lipinski definition) is 1. The van der Waals surface area contributed by atoms with Crippen LogP contribution >= 0.6 is 0 Å². The third-order valence-electron chi connectivity index (χ3n) is 4.72. The molecule has 0 unspecified atom stereocenters. The second-order valence-electron chi connectivity index (χ2n) is 6.63. The summed E-state index contributed by atoms with van der Waals surface area (Å²) in [6, 6.07) is 14.8. The molecule has 1 N–H and O–H groups in total. The molecule has 0 bridgehead atoms. The number of carboxylic acid groups (broad SMARTS) is 1. The normalized spacial score (nSPS) is 11.1. The Balaban J connectivity index is 1.65. The predicted molar refractivity (Wildman–Crippen MR) is 109 cm³/mol. The fourth-order valence-electron chi connectivity index (χ4n) is 3.26. The van der Waals surface area contributed by atoms with E-state index in [1.165, 1.54) is 0 Å². The van der Waals surface area contributed by atoms with Gasteiger partial charge in [0.25, 0.3) is 5.56 Å². The van der Waals surface area contributed by atoms with E-state index in [0.29, 0.717) is 24.7 Å². The van der Waals surface area contributed by atoms with Crippen LogP contribution < -0.4 is 15.0 Å². The summed E-state index contributed by atoms with van der Waals surface area (Å²) in [6.07, 6.45) is -0.144. The first kappa shape index (κ1) is 19.4. The molecule has 2 heterocycles.